The Bertz CT molecular complexity index is 632. The highest BCUT2D eigenvalue weighted by Crippen LogP contribution is 2.39. The smallest absolute Gasteiger partial charge is 0.127 e. The lowest BCUT2D eigenvalue weighted by Crippen LogP contribution is -1.94. The Labute approximate surface area is 125 Å². The van der Waals surface area contributed by atoms with Gasteiger partial charge < -0.3 is 14.2 Å². The van der Waals surface area contributed by atoms with E-state index in [-0.39, 0.29) is 0 Å². The van der Waals surface area contributed by atoms with E-state index in [1.165, 1.54) is 5.56 Å². The molecule has 21 heavy (non-hydrogen) atoms. The second-order valence-electron chi connectivity index (χ2n) is 4.59. The molecular weight excluding hydrogens is 264 g/mol. The monoisotopic (exact) mass is 284 g/mol. The van der Waals surface area contributed by atoms with Gasteiger partial charge in [0.15, 0.2) is 0 Å². The van der Waals surface area contributed by atoms with Gasteiger partial charge in [-0.3, -0.25) is 0 Å². The molecule has 0 saturated carbocycles. The zero-order valence-electron chi connectivity index (χ0n) is 12.7. The van der Waals surface area contributed by atoms with Gasteiger partial charge in [-0.2, -0.15) is 0 Å². The third-order valence-corrected chi connectivity index (χ3v) is 3.34. The first-order valence-corrected chi connectivity index (χ1v) is 6.73. The lowest BCUT2D eigenvalue weighted by atomic mass is 9.99. The van der Waals surface area contributed by atoms with Crippen LogP contribution in [0.3, 0.4) is 0 Å². The third kappa shape index (κ3) is 3.19. The first-order valence-electron chi connectivity index (χ1n) is 6.73. The first kappa shape index (κ1) is 15.0. The van der Waals surface area contributed by atoms with Crippen LogP contribution in [0, 0.1) is 0 Å². The third-order valence-electron chi connectivity index (χ3n) is 3.34. The number of ether oxygens (including phenoxy) is 3. The fraction of sp³-hybridized carbons (Fsp3) is 0.222. The van der Waals surface area contributed by atoms with E-state index in [2.05, 4.69) is 12.6 Å². The van der Waals surface area contributed by atoms with Gasteiger partial charge in [0.05, 0.1) is 21.3 Å². The Kier molecular flexibility index (Phi) is 4.88. The van der Waals surface area contributed by atoms with Crippen molar-refractivity contribution in [2.45, 2.75) is 6.42 Å². The SMILES string of the molecule is C=CCc1ccc(OC)c(-c2cc(OC)ccc2OC)c1. The molecule has 0 saturated heterocycles. The minimum Gasteiger partial charge on any atom is -0.497 e. The molecule has 0 N–H and O–H groups in total. The van der Waals surface area contributed by atoms with Gasteiger partial charge in [0.2, 0.25) is 0 Å². The van der Waals surface area contributed by atoms with Crippen molar-refractivity contribution >= 4 is 0 Å². The van der Waals surface area contributed by atoms with E-state index in [9.17, 15) is 0 Å². The molecule has 0 atom stereocenters. The summed E-state index contributed by atoms with van der Waals surface area (Å²) in [6.45, 7) is 3.79. The summed E-state index contributed by atoms with van der Waals surface area (Å²) in [6, 6.07) is 11.8. The highest BCUT2D eigenvalue weighted by Gasteiger charge is 2.13. The van der Waals surface area contributed by atoms with Crippen LogP contribution in [0.4, 0.5) is 0 Å². The Morgan fingerprint density at radius 1 is 0.857 bits per heavy atom. The first-order chi connectivity index (χ1) is 10.2. The summed E-state index contributed by atoms with van der Waals surface area (Å²) in [4.78, 5) is 0. The van der Waals surface area contributed by atoms with Crippen LogP contribution < -0.4 is 14.2 Å². The molecule has 110 valence electrons. The minimum atomic E-state index is 0.780. The van der Waals surface area contributed by atoms with Crippen molar-refractivity contribution in [2.24, 2.45) is 0 Å². The van der Waals surface area contributed by atoms with Crippen LogP contribution in [0.5, 0.6) is 17.2 Å². The molecule has 0 radical (unpaired) electrons. The summed E-state index contributed by atoms with van der Waals surface area (Å²) in [5, 5.41) is 0. The van der Waals surface area contributed by atoms with Gasteiger partial charge in [0.25, 0.3) is 0 Å². The molecule has 0 aromatic heterocycles. The quantitative estimate of drug-likeness (QED) is 0.747. The van der Waals surface area contributed by atoms with Gasteiger partial charge in [-0.25, -0.2) is 0 Å². The summed E-state index contributed by atoms with van der Waals surface area (Å²) in [6.07, 6.45) is 2.69. The van der Waals surface area contributed by atoms with Crippen LogP contribution >= 0.6 is 0 Å². The molecule has 2 aromatic rings. The van der Waals surface area contributed by atoms with Crippen molar-refractivity contribution in [3.05, 3.63) is 54.6 Å². The van der Waals surface area contributed by atoms with E-state index in [0.29, 0.717) is 0 Å². The van der Waals surface area contributed by atoms with Crippen molar-refractivity contribution in [1.29, 1.82) is 0 Å². The molecule has 2 aromatic carbocycles. The molecule has 0 heterocycles. The lowest BCUT2D eigenvalue weighted by molar-refractivity contribution is 0.402. The summed E-state index contributed by atoms with van der Waals surface area (Å²) in [7, 11) is 4.97. The maximum Gasteiger partial charge on any atom is 0.127 e. The van der Waals surface area contributed by atoms with Gasteiger partial charge in [-0.1, -0.05) is 12.1 Å². The maximum absolute atomic E-state index is 5.48. The van der Waals surface area contributed by atoms with E-state index in [1.54, 1.807) is 21.3 Å². The van der Waals surface area contributed by atoms with Crippen LogP contribution in [0.25, 0.3) is 11.1 Å². The molecule has 2 rings (SSSR count). The Balaban J connectivity index is 2.62. The maximum atomic E-state index is 5.48. The van der Waals surface area contributed by atoms with Crippen LogP contribution in [0.2, 0.25) is 0 Å². The van der Waals surface area contributed by atoms with E-state index in [1.807, 2.05) is 36.4 Å². The van der Waals surface area contributed by atoms with Gasteiger partial charge in [0, 0.05) is 11.1 Å². The molecule has 3 nitrogen and oxygen atoms in total. The molecule has 0 amide bonds. The van der Waals surface area contributed by atoms with Gasteiger partial charge in [0.1, 0.15) is 17.2 Å². The van der Waals surface area contributed by atoms with E-state index < -0.39 is 0 Å². The zero-order valence-corrected chi connectivity index (χ0v) is 12.7. The van der Waals surface area contributed by atoms with Crippen LogP contribution in [-0.2, 0) is 6.42 Å². The molecule has 3 heteroatoms. The molecule has 0 aliphatic heterocycles. The Morgan fingerprint density at radius 2 is 1.48 bits per heavy atom. The predicted octanol–water partition coefficient (Wildman–Crippen LogP) is 4.11. The van der Waals surface area contributed by atoms with Crippen molar-refractivity contribution in [2.75, 3.05) is 21.3 Å². The highest BCUT2D eigenvalue weighted by molar-refractivity contribution is 5.77. The number of rotatable bonds is 6. The topological polar surface area (TPSA) is 27.7 Å². The normalized spacial score (nSPS) is 10.0. The minimum absolute atomic E-state index is 0.780. The van der Waals surface area contributed by atoms with Crippen LogP contribution in [0.15, 0.2) is 49.1 Å². The van der Waals surface area contributed by atoms with E-state index >= 15 is 0 Å². The second kappa shape index (κ2) is 6.84. The van der Waals surface area contributed by atoms with E-state index in [0.717, 1.165) is 34.8 Å². The fourth-order valence-corrected chi connectivity index (χ4v) is 2.28. The number of hydrogen-bond acceptors (Lipinski definition) is 3. The molecule has 0 bridgehead atoms. The Hall–Kier alpha value is -2.42. The number of benzene rings is 2. The average molecular weight is 284 g/mol. The van der Waals surface area contributed by atoms with Crippen molar-refractivity contribution in [3.8, 4) is 28.4 Å². The number of allylic oxidation sites excluding steroid dienone is 1. The van der Waals surface area contributed by atoms with Gasteiger partial charge in [-0.05, 0) is 42.3 Å². The summed E-state index contributed by atoms with van der Waals surface area (Å²) in [5.41, 5.74) is 3.10. The molecule has 0 spiro atoms. The zero-order chi connectivity index (χ0) is 15.2. The van der Waals surface area contributed by atoms with E-state index in [4.69, 9.17) is 14.2 Å². The summed E-state index contributed by atoms with van der Waals surface area (Å²) >= 11 is 0. The van der Waals surface area contributed by atoms with Crippen molar-refractivity contribution < 1.29 is 14.2 Å². The molecule has 0 unspecified atom stereocenters. The Morgan fingerprint density at radius 3 is 2.05 bits per heavy atom. The number of hydrogen-bond donors (Lipinski definition) is 0. The largest absolute Gasteiger partial charge is 0.497 e. The van der Waals surface area contributed by atoms with Crippen LogP contribution in [-0.4, -0.2) is 21.3 Å². The fourth-order valence-electron chi connectivity index (χ4n) is 2.28. The second-order valence-corrected chi connectivity index (χ2v) is 4.59. The molecule has 0 aliphatic carbocycles. The van der Waals surface area contributed by atoms with Gasteiger partial charge in [-0.15, -0.1) is 6.58 Å². The lowest BCUT2D eigenvalue weighted by Gasteiger charge is -2.14. The highest BCUT2D eigenvalue weighted by atomic mass is 16.5. The molecule has 0 aliphatic rings. The van der Waals surface area contributed by atoms with Crippen molar-refractivity contribution in [3.63, 3.8) is 0 Å². The molecule has 0 fully saturated rings. The summed E-state index contributed by atoms with van der Waals surface area (Å²) in [5.74, 6) is 2.36. The average Bonchev–Trinajstić information content (AvgIpc) is 2.54. The van der Waals surface area contributed by atoms with Crippen molar-refractivity contribution in [1.82, 2.24) is 0 Å². The standard InChI is InChI=1S/C18H20O3/c1-5-6-13-7-9-17(20-3)15(11-13)16-12-14(19-2)8-10-18(16)21-4/h5,7-12H,1,6H2,2-4H3. The molecular formula is C18H20O3. The van der Waals surface area contributed by atoms with Gasteiger partial charge >= 0.3 is 0 Å². The summed E-state index contributed by atoms with van der Waals surface area (Å²) < 4.78 is 16.3. The number of methoxy groups -OCH3 is 3. The van der Waals surface area contributed by atoms with Crippen LogP contribution in [0.1, 0.15) is 5.56 Å². The predicted molar refractivity (Wildman–Crippen MR) is 85.4 cm³/mol.